The molecule has 1 atom stereocenters. The Morgan fingerprint density at radius 3 is 2.47 bits per heavy atom. The number of hydroxylamine groups is 2. The molecule has 2 nitrogen and oxygen atoms in total. The second-order valence-corrected chi connectivity index (χ2v) is 4.43. The van der Waals surface area contributed by atoms with Crippen LogP contribution in [0.4, 0.5) is 0 Å². The molecule has 2 aromatic carbocycles. The lowest BCUT2D eigenvalue weighted by molar-refractivity contribution is -0.121. The molecule has 1 N–H and O–H groups in total. The maximum atomic E-state index is 10.1. The van der Waals surface area contributed by atoms with Crippen molar-refractivity contribution in [2.75, 3.05) is 6.54 Å². The maximum Gasteiger partial charge on any atom is 0.0852 e. The third-order valence-corrected chi connectivity index (χ3v) is 3.37. The van der Waals surface area contributed by atoms with Crippen LogP contribution in [0.3, 0.4) is 0 Å². The Hall–Kier alpha value is -1.64. The summed E-state index contributed by atoms with van der Waals surface area (Å²) in [5.41, 5.74) is 3.70. The van der Waals surface area contributed by atoms with E-state index in [0.717, 1.165) is 12.0 Å². The Labute approximate surface area is 101 Å². The van der Waals surface area contributed by atoms with Crippen LogP contribution in [0.5, 0.6) is 0 Å². The highest BCUT2D eigenvalue weighted by Crippen LogP contribution is 2.33. The molecule has 1 aliphatic heterocycles. The Balaban J connectivity index is 2.10. The number of hydrogen-bond donors (Lipinski definition) is 1. The van der Waals surface area contributed by atoms with Crippen LogP contribution in [0.15, 0.2) is 54.6 Å². The minimum atomic E-state index is -0.0267. The van der Waals surface area contributed by atoms with E-state index in [0.29, 0.717) is 6.54 Å². The van der Waals surface area contributed by atoms with Gasteiger partial charge in [-0.25, -0.2) is 0 Å². The Bertz CT molecular complexity index is 509. The van der Waals surface area contributed by atoms with Gasteiger partial charge in [-0.1, -0.05) is 54.6 Å². The molecule has 0 aromatic heterocycles. The molecule has 0 spiro atoms. The molecule has 0 bridgehead atoms. The highest BCUT2D eigenvalue weighted by atomic mass is 16.5. The summed E-state index contributed by atoms with van der Waals surface area (Å²) in [7, 11) is 0. The molecule has 17 heavy (non-hydrogen) atoms. The molecule has 0 aliphatic carbocycles. The van der Waals surface area contributed by atoms with Gasteiger partial charge in [0, 0.05) is 6.54 Å². The predicted octanol–water partition coefficient (Wildman–Crippen LogP) is 3.02. The van der Waals surface area contributed by atoms with Crippen molar-refractivity contribution >= 4 is 0 Å². The molecule has 2 heteroatoms. The van der Waals surface area contributed by atoms with Crippen LogP contribution in [-0.4, -0.2) is 16.8 Å². The van der Waals surface area contributed by atoms with Crippen molar-refractivity contribution in [1.82, 2.24) is 5.06 Å². The van der Waals surface area contributed by atoms with Gasteiger partial charge in [-0.05, 0) is 23.1 Å². The minimum Gasteiger partial charge on any atom is -0.313 e. The zero-order chi connectivity index (χ0) is 11.7. The molecule has 86 valence electrons. The SMILES string of the molecule is ON1CCc2ccccc2[C@@H]1c1ccccc1. The van der Waals surface area contributed by atoms with Crippen LogP contribution in [0, 0.1) is 0 Å². The molecule has 0 saturated carbocycles. The van der Waals surface area contributed by atoms with Crippen molar-refractivity contribution in [3.63, 3.8) is 0 Å². The molecular weight excluding hydrogens is 210 g/mol. The number of fused-ring (bicyclic) bond motifs is 1. The fraction of sp³-hybridized carbons (Fsp3) is 0.200. The Morgan fingerprint density at radius 1 is 0.941 bits per heavy atom. The number of benzene rings is 2. The predicted molar refractivity (Wildman–Crippen MR) is 66.9 cm³/mol. The van der Waals surface area contributed by atoms with Gasteiger partial charge in [0.05, 0.1) is 6.04 Å². The maximum absolute atomic E-state index is 10.1. The molecule has 1 aliphatic rings. The van der Waals surface area contributed by atoms with Crippen LogP contribution < -0.4 is 0 Å². The van der Waals surface area contributed by atoms with Gasteiger partial charge < -0.3 is 5.21 Å². The fourth-order valence-electron chi connectivity index (χ4n) is 2.54. The van der Waals surface area contributed by atoms with E-state index in [1.165, 1.54) is 16.2 Å². The van der Waals surface area contributed by atoms with E-state index in [4.69, 9.17) is 0 Å². The number of nitrogens with zero attached hydrogens (tertiary/aromatic N) is 1. The van der Waals surface area contributed by atoms with E-state index in [1.807, 2.05) is 24.3 Å². The van der Waals surface area contributed by atoms with E-state index < -0.39 is 0 Å². The summed E-state index contributed by atoms with van der Waals surface area (Å²) in [4.78, 5) is 0. The lowest BCUT2D eigenvalue weighted by Gasteiger charge is -2.33. The molecule has 0 fully saturated rings. The van der Waals surface area contributed by atoms with Crippen molar-refractivity contribution in [2.24, 2.45) is 0 Å². The zero-order valence-corrected chi connectivity index (χ0v) is 9.58. The summed E-state index contributed by atoms with van der Waals surface area (Å²) in [5, 5.41) is 11.5. The summed E-state index contributed by atoms with van der Waals surface area (Å²) in [6.07, 6.45) is 0.913. The molecule has 2 aromatic rings. The van der Waals surface area contributed by atoms with Gasteiger partial charge in [0.2, 0.25) is 0 Å². The van der Waals surface area contributed by atoms with Crippen LogP contribution in [0.1, 0.15) is 22.7 Å². The summed E-state index contributed by atoms with van der Waals surface area (Å²) < 4.78 is 0. The number of rotatable bonds is 1. The largest absolute Gasteiger partial charge is 0.313 e. The summed E-state index contributed by atoms with van der Waals surface area (Å²) >= 11 is 0. The number of hydrogen-bond acceptors (Lipinski definition) is 2. The smallest absolute Gasteiger partial charge is 0.0852 e. The summed E-state index contributed by atoms with van der Waals surface area (Å²) in [5.74, 6) is 0. The van der Waals surface area contributed by atoms with Crippen LogP contribution in [-0.2, 0) is 6.42 Å². The first-order valence-electron chi connectivity index (χ1n) is 5.94. The van der Waals surface area contributed by atoms with Gasteiger partial charge in [-0.3, -0.25) is 0 Å². The van der Waals surface area contributed by atoms with Crippen molar-refractivity contribution in [1.29, 1.82) is 0 Å². The molecule has 1 heterocycles. The normalized spacial score (nSPS) is 19.9. The van der Waals surface area contributed by atoms with E-state index >= 15 is 0 Å². The van der Waals surface area contributed by atoms with Crippen molar-refractivity contribution < 1.29 is 5.21 Å². The second-order valence-electron chi connectivity index (χ2n) is 4.43. The minimum absolute atomic E-state index is 0.0267. The summed E-state index contributed by atoms with van der Waals surface area (Å²) in [6, 6.07) is 18.5. The Kier molecular flexibility index (Phi) is 2.67. The molecule has 0 saturated heterocycles. The van der Waals surface area contributed by atoms with Gasteiger partial charge >= 0.3 is 0 Å². The molecule has 0 unspecified atom stereocenters. The second kappa shape index (κ2) is 4.32. The van der Waals surface area contributed by atoms with Gasteiger partial charge in [-0.15, -0.1) is 0 Å². The van der Waals surface area contributed by atoms with Gasteiger partial charge in [0.25, 0.3) is 0 Å². The van der Waals surface area contributed by atoms with Crippen LogP contribution in [0.2, 0.25) is 0 Å². The molecular formula is C15H15NO. The Morgan fingerprint density at radius 2 is 1.65 bits per heavy atom. The van der Waals surface area contributed by atoms with E-state index in [-0.39, 0.29) is 6.04 Å². The first-order valence-corrected chi connectivity index (χ1v) is 5.94. The first kappa shape index (κ1) is 10.5. The summed E-state index contributed by atoms with van der Waals surface area (Å²) in [6.45, 7) is 0.691. The average Bonchev–Trinajstić information content (AvgIpc) is 2.39. The van der Waals surface area contributed by atoms with Gasteiger partial charge in [0.15, 0.2) is 0 Å². The van der Waals surface area contributed by atoms with E-state index in [9.17, 15) is 5.21 Å². The van der Waals surface area contributed by atoms with Crippen molar-refractivity contribution in [2.45, 2.75) is 12.5 Å². The highest BCUT2D eigenvalue weighted by molar-refractivity contribution is 5.39. The standard InChI is InChI=1S/C15H15NO/c17-16-11-10-12-6-4-5-9-14(12)15(16)13-7-2-1-3-8-13/h1-9,15,17H,10-11H2/t15-/m0/s1. The third-order valence-electron chi connectivity index (χ3n) is 3.37. The molecule has 0 amide bonds. The van der Waals surface area contributed by atoms with Crippen molar-refractivity contribution in [3.05, 3.63) is 71.3 Å². The fourth-order valence-corrected chi connectivity index (χ4v) is 2.54. The van der Waals surface area contributed by atoms with Gasteiger partial charge in [0.1, 0.15) is 0 Å². The third kappa shape index (κ3) is 1.86. The zero-order valence-electron chi connectivity index (χ0n) is 9.58. The van der Waals surface area contributed by atoms with E-state index in [2.05, 4.69) is 30.3 Å². The highest BCUT2D eigenvalue weighted by Gasteiger charge is 2.26. The lowest BCUT2D eigenvalue weighted by Crippen LogP contribution is -2.33. The topological polar surface area (TPSA) is 23.5 Å². The quantitative estimate of drug-likeness (QED) is 0.806. The van der Waals surface area contributed by atoms with Gasteiger partial charge in [-0.2, -0.15) is 5.06 Å². The average molecular weight is 225 g/mol. The van der Waals surface area contributed by atoms with Crippen molar-refractivity contribution in [3.8, 4) is 0 Å². The first-order chi connectivity index (χ1) is 8.36. The molecule has 3 rings (SSSR count). The molecule has 0 radical (unpaired) electrons. The van der Waals surface area contributed by atoms with Crippen LogP contribution in [0.25, 0.3) is 0 Å². The lowest BCUT2D eigenvalue weighted by atomic mass is 9.90. The van der Waals surface area contributed by atoms with Crippen LogP contribution >= 0.6 is 0 Å². The van der Waals surface area contributed by atoms with E-state index in [1.54, 1.807) is 0 Å². The monoisotopic (exact) mass is 225 g/mol.